The van der Waals surface area contributed by atoms with Crippen LogP contribution in [-0.2, 0) is 0 Å². The second-order valence-corrected chi connectivity index (χ2v) is 3.04. The van der Waals surface area contributed by atoms with Crippen LogP contribution in [0.3, 0.4) is 0 Å². The Kier molecular flexibility index (Phi) is 3.87. The fraction of sp³-hybridized carbons (Fsp3) is 0.333. The van der Waals surface area contributed by atoms with Crippen LogP contribution in [0.15, 0.2) is 18.3 Å². The number of hydrogen-bond acceptors (Lipinski definition) is 2. The highest BCUT2D eigenvalue weighted by molar-refractivity contribution is 5.95. The standard InChI is InChI=1S/C12H13NO/c1-3-4-5-6-12(14)11-8-7-10(2)13-9-11/h7-9H,5-6H2,1-2H3. The fourth-order valence-corrected chi connectivity index (χ4v) is 1.08. The van der Waals surface area contributed by atoms with Crippen LogP contribution in [0.5, 0.6) is 0 Å². The highest BCUT2D eigenvalue weighted by atomic mass is 16.1. The third-order valence-corrected chi connectivity index (χ3v) is 1.89. The number of Topliss-reactive ketones (excluding diaryl/α,β-unsaturated/α-hetero) is 1. The summed E-state index contributed by atoms with van der Waals surface area (Å²) in [6, 6.07) is 3.66. The van der Waals surface area contributed by atoms with Crippen molar-refractivity contribution in [2.24, 2.45) is 0 Å². The smallest absolute Gasteiger partial charge is 0.165 e. The van der Waals surface area contributed by atoms with E-state index in [9.17, 15) is 4.79 Å². The minimum atomic E-state index is 0.111. The van der Waals surface area contributed by atoms with E-state index in [1.807, 2.05) is 19.1 Å². The number of pyridine rings is 1. The van der Waals surface area contributed by atoms with Crippen LogP contribution in [0.4, 0.5) is 0 Å². The molecule has 0 aliphatic carbocycles. The summed E-state index contributed by atoms with van der Waals surface area (Å²) in [6.07, 6.45) is 2.73. The zero-order valence-electron chi connectivity index (χ0n) is 8.50. The topological polar surface area (TPSA) is 30.0 Å². The van der Waals surface area contributed by atoms with Gasteiger partial charge < -0.3 is 0 Å². The summed E-state index contributed by atoms with van der Waals surface area (Å²) in [5, 5.41) is 0. The first-order chi connectivity index (χ1) is 6.74. The van der Waals surface area contributed by atoms with Crippen molar-refractivity contribution < 1.29 is 4.79 Å². The van der Waals surface area contributed by atoms with E-state index in [2.05, 4.69) is 16.8 Å². The average Bonchev–Trinajstić information content (AvgIpc) is 2.19. The monoisotopic (exact) mass is 187 g/mol. The lowest BCUT2D eigenvalue weighted by atomic mass is 10.1. The molecule has 1 rings (SSSR count). The molecule has 0 N–H and O–H groups in total. The Labute approximate surface area is 84.4 Å². The van der Waals surface area contributed by atoms with Crippen LogP contribution in [0.25, 0.3) is 0 Å². The largest absolute Gasteiger partial charge is 0.294 e. The maximum atomic E-state index is 11.5. The van der Waals surface area contributed by atoms with Gasteiger partial charge in [-0.2, -0.15) is 0 Å². The highest BCUT2D eigenvalue weighted by Gasteiger charge is 2.03. The first-order valence-corrected chi connectivity index (χ1v) is 4.59. The summed E-state index contributed by atoms with van der Waals surface area (Å²) in [5.41, 5.74) is 1.60. The van der Waals surface area contributed by atoms with Crippen LogP contribution in [-0.4, -0.2) is 10.8 Å². The van der Waals surface area contributed by atoms with E-state index < -0.39 is 0 Å². The van der Waals surface area contributed by atoms with Gasteiger partial charge in [0.1, 0.15) is 0 Å². The third kappa shape index (κ3) is 3.02. The van der Waals surface area contributed by atoms with E-state index in [0.29, 0.717) is 18.4 Å². The molecule has 0 spiro atoms. The molecular formula is C12H13NO. The van der Waals surface area contributed by atoms with Crippen molar-refractivity contribution in [2.45, 2.75) is 26.7 Å². The molecule has 0 radical (unpaired) electrons. The summed E-state index contributed by atoms with van der Waals surface area (Å²) in [5.74, 6) is 5.75. The molecule has 1 heterocycles. The number of aromatic nitrogens is 1. The van der Waals surface area contributed by atoms with Crippen LogP contribution in [0, 0.1) is 18.8 Å². The molecule has 0 saturated carbocycles. The van der Waals surface area contributed by atoms with Crippen LogP contribution >= 0.6 is 0 Å². The normalized spacial score (nSPS) is 9.00. The molecule has 2 nitrogen and oxygen atoms in total. The molecule has 0 atom stereocenters. The van der Waals surface area contributed by atoms with Gasteiger partial charge in [0.05, 0.1) is 0 Å². The molecule has 1 aromatic heterocycles. The van der Waals surface area contributed by atoms with E-state index in [1.165, 1.54) is 0 Å². The van der Waals surface area contributed by atoms with E-state index >= 15 is 0 Å². The van der Waals surface area contributed by atoms with Gasteiger partial charge in [0.2, 0.25) is 0 Å². The lowest BCUT2D eigenvalue weighted by Crippen LogP contribution is -1.99. The molecule has 0 amide bonds. The molecule has 0 bridgehead atoms. The number of hydrogen-bond donors (Lipinski definition) is 0. The molecule has 0 fully saturated rings. The molecule has 0 unspecified atom stereocenters. The molecule has 0 saturated heterocycles. The highest BCUT2D eigenvalue weighted by Crippen LogP contribution is 2.04. The molecule has 1 aromatic rings. The maximum absolute atomic E-state index is 11.5. The number of carbonyl (C=O) groups excluding carboxylic acids is 1. The summed E-state index contributed by atoms with van der Waals surface area (Å²) >= 11 is 0. The van der Waals surface area contributed by atoms with E-state index in [1.54, 1.807) is 13.1 Å². The fourth-order valence-electron chi connectivity index (χ4n) is 1.08. The van der Waals surface area contributed by atoms with Gasteiger partial charge in [-0.05, 0) is 26.0 Å². The van der Waals surface area contributed by atoms with Crippen LogP contribution < -0.4 is 0 Å². The molecule has 72 valence electrons. The van der Waals surface area contributed by atoms with Crippen molar-refractivity contribution in [1.82, 2.24) is 4.98 Å². The number of aryl methyl sites for hydroxylation is 1. The lowest BCUT2D eigenvalue weighted by Gasteiger charge is -1.97. The maximum Gasteiger partial charge on any atom is 0.165 e. The van der Waals surface area contributed by atoms with Crippen molar-refractivity contribution in [3.05, 3.63) is 29.6 Å². The Morgan fingerprint density at radius 1 is 1.50 bits per heavy atom. The first-order valence-electron chi connectivity index (χ1n) is 4.59. The summed E-state index contributed by atoms with van der Waals surface area (Å²) in [6.45, 7) is 3.68. The first kappa shape index (κ1) is 10.5. The van der Waals surface area contributed by atoms with Gasteiger partial charge in [-0.1, -0.05) is 0 Å². The number of ketones is 1. The SMILES string of the molecule is CC#CCCC(=O)c1ccc(C)nc1. The summed E-state index contributed by atoms with van der Waals surface area (Å²) in [4.78, 5) is 15.6. The van der Waals surface area contributed by atoms with E-state index in [4.69, 9.17) is 0 Å². The predicted molar refractivity (Wildman–Crippen MR) is 56.0 cm³/mol. The van der Waals surface area contributed by atoms with Crippen LogP contribution in [0.1, 0.15) is 35.8 Å². The number of carbonyl (C=O) groups is 1. The Morgan fingerprint density at radius 2 is 2.29 bits per heavy atom. The van der Waals surface area contributed by atoms with Gasteiger partial charge in [0.25, 0.3) is 0 Å². The van der Waals surface area contributed by atoms with Gasteiger partial charge in [-0.3, -0.25) is 9.78 Å². The summed E-state index contributed by atoms with van der Waals surface area (Å²) in [7, 11) is 0. The van der Waals surface area contributed by atoms with Gasteiger partial charge >= 0.3 is 0 Å². The Bertz CT molecular complexity index is 368. The van der Waals surface area contributed by atoms with Crippen molar-refractivity contribution in [3.8, 4) is 11.8 Å². The minimum Gasteiger partial charge on any atom is -0.294 e. The van der Waals surface area contributed by atoms with Crippen molar-refractivity contribution in [2.75, 3.05) is 0 Å². The number of nitrogens with zero attached hydrogens (tertiary/aromatic N) is 1. The van der Waals surface area contributed by atoms with E-state index in [-0.39, 0.29) is 5.78 Å². The predicted octanol–water partition coefficient (Wildman–Crippen LogP) is 2.38. The summed E-state index contributed by atoms with van der Waals surface area (Å²) < 4.78 is 0. The molecular weight excluding hydrogens is 174 g/mol. The van der Waals surface area contributed by atoms with Crippen LogP contribution in [0.2, 0.25) is 0 Å². The second-order valence-electron chi connectivity index (χ2n) is 3.04. The zero-order valence-corrected chi connectivity index (χ0v) is 8.50. The van der Waals surface area contributed by atoms with Gasteiger partial charge in [-0.15, -0.1) is 11.8 Å². The lowest BCUT2D eigenvalue weighted by molar-refractivity contribution is 0.0984. The minimum absolute atomic E-state index is 0.111. The third-order valence-electron chi connectivity index (χ3n) is 1.89. The Morgan fingerprint density at radius 3 is 2.86 bits per heavy atom. The molecule has 0 aliphatic heterocycles. The molecule has 14 heavy (non-hydrogen) atoms. The van der Waals surface area contributed by atoms with Crippen molar-refractivity contribution in [1.29, 1.82) is 0 Å². The average molecular weight is 187 g/mol. The quantitative estimate of drug-likeness (QED) is 0.537. The molecule has 0 aliphatic rings. The molecule has 2 heteroatoms. The van der Waals surface area contributed by atoms with Gasteiger partial charge in [-0.25, -0.2) is 0 Å². The van der Waals surface area contributed by atoms with Crippen molar-refractivity contribution in [3.63, 3.8) is 0 Å². The Balaban J connectivity index is 2.59. The van der Waals surface area contributed by atoms with Gasteiger partial charge in [0, 0.05) is 30.3 Å². The van der Waals surface area contributed by atoms with Crippen molar-refractivity contribution >= 4 is 5.78 Å². The Hall–Kier alpha value is -1.62. The molecule has 0 aromatic carbocycles. The van der Waals surface area contributed by atoms with E-state index in [0.717, 1.165) is 5.69 Å². The number of rotatable bonds is 3. The van der Waals surface area contributed by atoms with Gasteiger partial charge in [0.15, 0.2) is 5.78 Å². The second kappa shape index (κ2) is 5.18. The zero-order chi connectivity index (χ0) is 10.4.